The summed E-state index contributed by atoms with van der Waals surface area (Å²) in [6.45, 7) is 1.22. The van der Waals surface area contributed by atoms with Crippen LogP contribution in [0.25, 0.3) is 0 Å². The highest BCUT2D eigenvalue weighted by molar-refractivity contribution is 7.90. The number of sulfone groups is 1. The van der Waals surface area contributed by atoms with Gasteiger partial charge in [0.2, 0.25) is 0 Å². The molecule has 1 atom stereocenters. The number of carbonyl (C=O) groups is 2. The summed E-state index contributed by atoms with van der Waals surface area (Å²) in [6, 6.07) is 12.9. The van der Waals surface area contributed by atoms with Crippen LogP contribution in [-0.2, 0) is 16.3 Å². The van der Waals surface area contributed by atoms with Crippen molar-refractivity contribution in [3.8, 4) is 0 Å². The Hall–Kier alpha value is -2.67. The largest absolute Gasteiger partial charge is 0.478 e. The molecule has 1 aliphatic rings. The Labute approximate surface area is 158 Å². The van der Waals surface area contributed by atoms with Crippen molar-refractivity contribution in [1.82, 2.24) is 4.90 Å². The van der Waals surface area contributed by atoms with E-state index in [2.05, 4.69) is 0 Å². The Morgan fingerprint density at radius 3 is 2.44 bits per heavy atom. The van der Waals surface area contributed by atoms with Gasteiger partial charge in [-0.25, -0.2) is 13.2 Å². The molecule has 1 fully saturated rings. The Morgan fingerprint density at radius 1 is 1.11 bits per heavy atom. The summed E-state index contributed by atoms with van der Waals surface area (Å²) in [4.78, 5) is 25.5. The van der Waals surface area contributed by atoms with Crippen molar-refractivity contribution in [3.63, 3.8) is 0 Å². The third-order valence-electron chi connectivity index (χ3n) is 4.81. The predicted molar refractivity (Wildman–Crippen MR) is 101 cm³/mol. The number of carboxylic acid groups (broad SMARTS) is 1. The van der Waals surface area contributed by atoms with Crippen molar-refractivity contribution < 1.29 is 23.1 Å². The Kier molecular flexibility index (Phi) is 5.32. The maximum atomic E-state index is 12.7. The fourth-order valence-corrected chi connectivity index (χ4v) is 4.01. The number of carboxylic acids is 1. The molecule has 7 heteroatoms. The number of hydrogen-bond donors (Lipinski definition) is 1. The number of likely N-dealkylation sites (tertiary alicyclic amines) is 1. The van der Waals surface area contributed by atoms with Crippen molar-refractivity contribution in [2.75, 3.05) is 19.3 Å². The quantitative estimate of drug-likeness (QED) is 0.851. The number of aromatic carboxylic acids is 1. The molecule has 0 radical (unpaired) electrons. The highest BCUT2D eigenvalue weighted by Gasteiger charge is 2.27. The molecule has 2 aromatic carbocycles. The van der Waals surface area contributed by atoms with E-state index in [0.717, 1.165) is 24.7 Å². The lowest BCUT2D eigenvalue weighted by Crippen LogP contribution is -2.29. The van der Waals surface area contributed by atoms with E-state index in [1.54, 1.807) is 29.2 Å². The van der Waals surface area contributed by atoms with Crippen LogP contribution in [0.1, 0.15) is 32.7 Å². The van der Waals surface area contributed by atoms with Crippen molar-refractivity contribution in [3.05, 3.63) is 65.2 Å². The van der Waals surface area contributed by atoms with Crippen LogP contribution in [0.3, 0.4) is 0 Å². The van der Waals surface area contributed by atoms with Crippen LogP contribution in [0.4, 0.5) is 0 Å². The van der Waals surface area contributed by atoms with Crippen LogP contribution in [0.5, 0.6) is 0 Å². The second-order valence-electron chi connectivity index (χ2n) is 6.91. The molecule has 1 amide bonds. The smallest absolute Gasteiger partial charge is 0.335 e. The minimum Gasteiger partial charge on any atom is -0.478 e. The van der Waals surface area contributed by atoms with Crippen LogP contribution in [-0.4, -0.2) is 49.6 Å². The van der Waals surface area contributed by atoms with Gasteiger partial charge in [-0.15, -0.1) is 0 Å². The van der Waals surface area contributed by atoms with Gasteiger partial charge in [-0.05, 0) is 54.7 Å². The molecule has 0 aliphatic carbocycles. The Bertz CT molecular complexity index is 966. The number of carbonyl (C=O) groups excluding carboxylic acids is 1. The molecule has 1 saturated heterocycles. The molecule has 1 N–H and O–H groups in total. The molecular weight excluding hydrogens is 366 g/mol. The molecule has 0 unspecified atom stereocenters. The summed E-state index contributed by atoms with van der Waals surface area (Å²) in [5, 5.41) is 8.95. The number of rotatable bonds is 5. The molecule has 6 nitrogen and oxygen atoms in total. The zero-order chi connectivity index (χ0) is 19.6. The SMILES string of the molecule is CS(=O)(=O)c1cccc(C(=O)N2CC[C@H](Cc3ccc(C(=O)O)cc3)C2)c1. The first kappa shape index (κ1) is 19.1. The van der Waals surface area contributed by atoms with Crippen LogP contribution >= 0.6 is 0 Å². The molecule has 1 heterocycles. The van der Waals surface area contributed by atoms with Gasteiger partial charge in [0, 0.05) is 24.9 Å². The minimum absolute atomic E-state index is 0.141. The van der Waals surface area contributed by atoms with E-state index in [9.17, 15) is 18.0 Å². The van der Waals surface area contributed by atoms with Crippen LogP contribution in [0, 0.1) is 5.92 Å². The van der Waals surface area contributed by atoms with Crippen molar-refractivity contribution in [2.45, 2.75) is 17.7 Å². The molecule has 0 spiro atoms. The maximum absolute atomic E-state index is 12.7. The van der Waals surface area contributed by atoms with E-state index in [1.165, 1.54) is 12.1 Å². The highest BCUT2D eigenvalue weighted by atomic mass is 32.2. The van der Waals surface area contributed by atoms with Crippen LogP contribution in [0.15, 0.2) is 53.4 Å². The van der Waals surface area contributed by atoms with Gasteiger partial charge in [0.25, 0.3) is 5.91 Å². The summed E-state index contributed by atoms with van der Waals surface area (Å²) < 4.78 is 23.4. The first-order valence-electron chi connectivity index (χ1n) is 8.65. The van der Waals surface area contributed by atoms with Gasteiger partial charge in [0.15, 0.2) is 9.84 Å². The fraction of sp³-hybridized carbons (Fsp3) is 0.300. The lowest BCUT2D eigenvalue weighted by atomic mass is 9.98. The van der Waals surface area contributed by atoms with E-state index in [1.807, 2.05) is 12.1 Å². The zero-order valence-corrected chi connectivity index (χ0v) is 15.8. The van der Waals surface area contributed by atoms with Crippen LogP contribution in [0.2, 0.25) is 0 Å². The van der Waals surface area contributed by atoms with Gasteiger partial charge in [-0.3, -0.25) is 4.79 Å². The van der Waals surface area contributed by atoms with Crippen molar-refractivity contribution in [2.24, 2.45) is 5.92 Å². The van der Waals surface area contributed by atoms with E-state index in [4.69, 9.17) is 5.11 Å². The second-order valence-corrected chi connectivity index (χ2v) is 8.93. The van der Waals surface area contributed by atoms with E-state index in [-0.39, 0.29) is 16.4 Å². The van der Waals surface area contributed by atoms with E-state index >= 15 is 0 Å². The maximum Gasteiger partial charge on any atom is 0.335 e. The minimum atomic E-state index is -3.36. The number of amides is 1. The molecule has 0 bridgehead atoms. The predicted octanol–water partition coefficient (Wildman–Crippen LogP) is 2.49. The first-order valence-corrected chi connectivity index (χ1v) is 10.5. The molecule has 142 valence electrons. The average molecular weight is 387 g/mol. The lowest BCUT2D eigenvalue weighted by Gasteiger charge is -2.17. The van der Waals surface area contributed by atoms with Gasteiger partial charge >= 0.3 is 5.97 Å². The van der Waals surface area contributed by atoms with Gasteiger partial charge < -0.3 is 10.0 Å². The van der Waals surface area contributed by atoms with Gasteiger partial charge in [-0.2, -0.15) is 0 Å². The first-order chi connectivity index (χ1) is 12.7. The molecule has 27 heavy (non-hydrogen) atoms. The normalized spacial score (nSPS) is 17.1. The van der Waals surface area contributed by atoms with Crippen molar-refractivity contribution >= 4 is 21.7 Å². The molecule has 0 saturated carbocycles. The Balaban J connectivity index is 1.65. The summed E-state index contributed by atoms with van der Waals surface area (Å²) in [6.07, 6.45) is 2.75. The summed E-state index contributed by atoms with van der Waals surface area (Å²) in [5.74, 6) is -0.817. The van der Waals surface area contributed by atoms with E-state index < -0.39 is 15.8 Å². The second kappa shape index (κ2) is 7.52. The van der Waals surface area contributed by atoms with Gasteiger partial charge in [0.05, 0.1) is 10.5 Å². The average Bonchev–Trinajstić information content (AvgIpc) is 3.09. The third kappa shape index (κ3) is 4.54. The fourth-order valence-electron chi connectivity index (χ4n) is 3.34. The Morgan fingerprint density at radius 2 is 1.81 bits per heavy atom. The highest BCUT2D eigenvalue weighted by Crippen LogP contribution is 2.23. The molecule has 2 aromatic rings. The van der Waals surface area contributed by atoms with Gasteiger partial charge in [0.1, 0.15) is 0 Å². The van der Waals surface area contributed by atoms with E-state index in [0.29, 0.717) is 24.6 Å². The summed E-state index contributed by atoms with van der Waals surface area (Å²) in [7, 11) is -3.36. The third-order valence-corrected chi connectivity index (χ3v) is 5.92. The van der Waals surface area contributed by atoms with Gasteiger partial charge in [-0.1, -0.05) is 18.2 Å². The standard InChI is InChI=1S/C20H21NO5S/c1-27(25,26)18-4-2-3-17(12-18)19(22)21-10-9-15(13-21)11-14-5-7-16(8-6-14)20(23)24/h2-8,12,15H,9-11,13H2,1H3,(H,23,24)/t15-/m1/s1. The van der Waals surface area contributed by atoms with Crippen molar-refractivity contribution in [1.29, 1.82) is 0 Å². The monoisotopic (exact) mass is 387 g/mol. The topological polar surface area (TPSA) is 91.8 Å². The molecule has 1 aliphatic heterocycles. The van der Waals surface area contributed by atoms with Crippen LogP contribution < -0.4 is 0 Å². The summed E-state index contributed by atoms with van der Waals surface area (Å²) >= 11 is 0. The molecule has 3 rings (SSSR count). The number of benzene rings is 2. The molecular formula is C20H21NO5S. The lowest BCUT2D eigenvalue weighted by molar-refractivity contribution is 0.0696. The zero-order valence-electron chi connectivity index (χ0n) is 15.0. The number of hydrogen-bond acceptors (Lipinski definition) is 4. The summed E-state index contributed by atoms with van der Waals surface area (Å²) in [5.41, 5.74) is 1.68. The number of nitrogens with zero attached hydrogens (tertiary/aromatic N) is 1. The molecule has 0 aromatic heterocycles.